The van der Waals surface area contributed by atoms with Gasteiger partial charge in [-0.1, -0.05) is 45.6 Å². The monoisotopic (exact) mass is 847 g/mol. The molecule has 0 aliphatic carbocycles. The summed E-state index contributed by atoms with van der Waals surface area (Å²) in [6.07, 6.45) is 13.9. The first kappa shape index (κ1) is 47.0. The van der Waals surface area contributed by atoms with Crippen molar-refractivity contribution in [3.05, 3.63) is 95.5 Å². The second-order valence-electron chi connectivity index (χ2n) is 17.9. The fourth-order valence-electron chi connectivity index (χ4n) is 8.11. The van der Waals surface area contributed by atoms with Crippen molar-refractivity contribution in [3.8, 4) is 5.75 Å². The lowest BCUT2D eigenvalue weighted by Crippen LogP contribution is -2.47. The Kier molecular flexibility index (Phi) is 15.5. The number of methoxy groups -OCH3 is 1. The molecule has 5 rings (SSSR count). The lowest BCUT2D eigenvalue weighted by atomic mass is 9.81. The number of unbranched alkanes of at least 4 members (excludes halogenated alkanes) is 2. The molecule has 3 heterocycles. The average molecular weight is 848 g/mol. The van der Waals surface area contributed by atoms with E-state index >= 15 is 0 Å². The van der Waals surface area contributed by atoms with Crippen LogP contribution in [0.15, 0.2) is 83.7 Å². The Bertz CT molecular complexity index is 2150. The molecule has 60 heavy (non-hydrogen) atoms. The molecule has 0 bridgehead atoms. The molecule has 0 atom stereocenters. The van der Waals surface area contributed by atoms with Gasteiger partial charge in [0, 0.05) is 72.5 Å². The van der Waals surface area contributed by atoms with E-state index < -0.39 is 15.5 Å². The maximum Gasteiger partial charge on any atom is 0.294 e. The summed E-state index contributed by atoms with van der Waals surface area (Å²) in [7, 11) is -2.73. The van der Waals surface area contributed by atoms with Crippen molar-refractivity contribution in [1.82, 2.24) is 0 Å². The third kappa shape index (κ3) is 11.5. The highest BCUT2D eigenvalue weighted by atomic mass is 32.2. The normalized spacial score (nSPS) is 17.7. The van der Waals surface area contributed by atoms with Crippen molar-refractivity contribution in [2.24, 2.45) is 5.41 Å². The number of ether oxygens (including phenoxy) is 5. The number of fused-ring (bicyclic) bond motifs is 3. The molecule has 3 aliphatic heterocycles. The number of aliphatic hydroxyl groups is 1. The molecule has 2 aromatic carbocycles. The number of hydrogen-bond acceptors (Lipinski definition) is 9. The van der Waals surface area contributed by atoms with Crippen molar-refractivity contribution in [2.75, 3.05) is 71.3 Å². The van der Waals surface area contributed by atoms with E-state index in [-0.39, 0.29) is 21.6 Å². The van der Waals surface area contributed by atoms with Crippen LogP contribution >= 0.6 is 0 Å². The molecule has 0 aromatic heterocycles. The van der Waals surface area contributed by atoms with Crippen LogP contribution in [0.5, 0.6) is 5.75 Å². The summed E-state index contributed by atoms with van der Waals surface area (Å²) in [4.78, 5) is 2.27. The zero-order valence-corrected chi connectivity index (χ0v) is 38.0. The van der Waals surface area contributed by atoms with E-state index in [2.05, 4.69) is 114 Å². The lowest BCUT2D eigenvalue weighted by Gasteiger charge is -2.44. The summed E-state index contributed by atoms with van der Waals surface area (Å²) in [6, 6.07) is 9.26. The summed E-state index contributed by atoms with van der Waals surface area (Å²) in [5.41, 5.74) is 7.15. The van der Waals surface area contributed by atoms with E-state index in [0.29, 0.717) is 65.8 Å². The van der Waals surface area contributed by atoms with Crippen LogP contribution in [0.2, 0.25) is 0 Å². The Morgan fingerprint density at radius 1 is 0.933 bits per heavy atom. The Labute approximate surface area is 358 Å². The van der Waals surface area contributed by atoms with Crippen LogP contribution in [0.4, 0.5) is 11.4 Å². The number of nitrogens with zero attached hydrogens (tertiary/aromatic N) is 2. The number of anilines is 1. The van der Waals surface area contributed by atoms with E-state index in [4.69, 9.17) is 23.7 Å². The minimum absolute atomic E-state index is 0.120. The first-order valence-corrected chi connectivity index (χ1v) is 22.5. The molecule has 0 spiro atoms. The zero-order valence-electron chi connectivity index (χ0n) is 37.2. The van der Waals surface area contributed by atoms with Crippen LogP contribution in [-0.2, 0) is 34.5 Å². The van der Waals surface area contributed by atoms with E-state index in [0.717, 1.165) is 70.1 Å². The predicted molar refractivity (Wildman–Crippen MR) is 240 cm³/mol. The van der Waals surface area contributed by atoms with Crippen LogP contribution in [0.1, 0.15) is 97.8 Å². The fourth-order valence-corrected chi connectivity index (χ4v) is 8.62. The van der Waals surface area contributed by atoms with Gasteiger partial charge in [0.05, 0.1) is 67.9 Å². The lowest BCUT2D eigenvalue weighted by molar-refractivity contribution is -0.438. The second-order valence-corrected chi connectivity index (χ2v) is 19.3. The maximum absolute atomic E-state index is 12.2. The highest BCUT2D eigenvalue weighted by molar-refractivity contribution is 7.85. The zero-order chi connectivity index (χ0) is 43.9. The van der Waals surface area contributed by atoms with Crippen LogP contribution in [0.25, 0.3) is 11.1 Å². The van der Waals surface area contributed by atoms with Gasteiger partial charge in [-0.15, -0.1) is 0 Å². The van der Waals surface area contributed by atoms with Crippen LogP contribution < -0.4 is 9.64 Å². The molecule has 0 amide bonds. The third-order valence-electron chi connectivity index (χ3n) is 11.3. The molecule has 328 valence electrons. The molecule has 2 aromatic rings. The van der Waals surface area contributed by atoms with Gasteiger partial charge in [-0.05, 0) is 82.9 Å². The van der Waals surface area contributed by atoms with Gasteiger partial charge in [0.2, 0.25) is 5.69 Å². The van der Waals surface area contributed by atoms with Crippen molar-refractivity contribution < 1.29 is 46.3 Å². The summed E-state index contributed by atoms with van der Waals surface area (Å²) in [6.45, 7) is 25.9. The van der Waals surface area contributed by atoms with Gasteiger partial charge >= 0.3 is 0 Å². The number of hydrogen-bond donors (Lipinski definition) is 2. The molecule has 3 aliphatic rings. The summed E-state index contributed by atoms with van der Waals surface area (Å²) < 4.78 is 65.4. The number of benzene rings is 2. The fraction of sp³-hybridized carbons (Fsp3) is 0.521. The third-order valence-corrected chi connectivity index (χ3v) is 12.2. The van der Waals surface area contributed by atoms with Crippen molar-refractivity contribution in [3.63, 3.8) is 0 Å². The SMILES string of the molecule is C=C(O)CCCCC[N+]1=C(C=CC=C2C=C(C(C)(C)C)Oc3cc4c(cc32)C(C)=CC(C)(C)N4CCOCCOCCOCCOC)C(C)(C)c2cc(S(=O)(=O)O)ccc21. The van der Waals surface area contributed by atoms with Gasteiger partial charge in [-0.25, -0.2) is 0 Å². The van der Waals surface area contributed by atoms with Gasteiger partial charge in [0.1, 0.15) is 18.1 Å². The Balaban J connectivity index is 1.43. The largest absolute Gasteiger partial charge is 0.513 e. The smallest absolute Gasteiger partial charge is 0.294 e. The first-order chi connectivity index (χ1) is 28.3. The maximum atomic E-state index is 12.2. The van der Waals surface area contributed by atoms with Crippen LogP contribution in [-0.4, -0.2) is 100 Å². The Morgan fingerprint density at radius 3 is 2.23 bits per heavy atom. The van der Waals surface area contributed by atoms with Crippen LogP contribution in [0, 0.1) is 5.41 Å². The molecule has 0 saturated carbocycles. The standard InChI is InChI=1S/C48H66N2O9S/c1-34-33-47(6,7)50(21-22-56-25-26-58-28-27-57-24-23-55-10)42-32-43-39(31-38(34)42)36(29-45(59-43)46(3,4)5)16-14-17-44-48(8,9)40-30-37(60(52,53)54)18-19-41(40)49(44)20-13-11-12-15-35(2)51/h14,16-19,29-33H,2,11-13,15,20-28H2,1,3-10H3,(H-,51,52,53,54)/p+1. The molecule has 0 saturated heterocycles. The average Bonchev–Trinajstić information content (AvgIpc) is 3.37. The molecule has 0 fully saturated rings. The summed E-state index contributed by atoms with van der Waals surface area (Å²) in [5.74, 6) is 1.85. The summed E-state index contributed by atoms with van der Waals surface area (Å²) in [5, 5.41) is 9.59. The van der Waals surface area contributed by atoms with E-state index in [1.165, 1.54) is 11.6 Å². The molecular weight excluding hydrogens is 781 g/mol. The molecule has 2 N–H and O–H groups in total. The minimum Gasteiger partial charge on any atom is -0.513 e. The highest BCUT2D eigenvalue weighted by Crippen LogP contribution is 2.47. The molecule has 0 radical (unpaired) electrons. The van der Waals surface area contributed by atoms with Gasteiger partial charge < -0.3 is 33.7 Å². The molecule has 0 unspecified atom stereocenters. The first-order valence-electron chi connectivity index (χ1n) is 21.1. The van der Waals surface area contributed by atoms with Crippen molar-refractivity contribution in [1.29, 1.82) is 0 Å². The number of aliphatic hydroxyl groups excluding tert-OH is 1. The number of rotatable bonds is 21. The van der Waals surface area contributed by atoms with Crippen molar-refractivity contribution >= 4 is 38.4 Å². The van der Waals surface area contributed by atoms with Gasteiger partial charge in [0.15, 0.2) is 5.71 Å². The van der Waals surface area contributed by atoms with Crippen LogP contribution in [0.3, 0.4) is 0 Å². The minimum atomic E-state index is -4.38. The second kappa shape index (κ2) is 19.8. The Morgan fingerprint density at radius 2 is 1.60 bits per heavy atom. The molecular formula is C48H67N2O9S+. The van der Waals surface area contributed by atoms with E-state index in [1.807, 2.05) is 0 Å². The van der Waals surface area contributed by atoms with Gasteiger partial charge in [-0.3, -0.25) is 4.55 Å². The topological polar surface area (TPSA) is 127 Å². The number of allylic oxidation sites excluding steroid dienone is 8. The van der Waals surface area contributed by atoms with Crippen molar-refractivity contribution in [2.45, 2.75) is 96.9 Å². The Hall–Kier alpha value is -4.04. The van der Waals surface area contributed by atoms with Gasteiger partial charge in [0.25, 0.3) is 10.1 Å². The highest BCUT2D eigenvalue weighted by Gasteiger charge is 2.45. The van der Waals surface area contributed by atoms with E-state index in [1.54, 1.807) is 19.2 Å². The molecule has 11 nitrogen and oxygen atoms in total. The van der Waals surface area contributed by atoms with Gasteiger partial charge in [-0.2, -0.15) is 13.0 Å². The van der Waals surface area contributed by atoms with E-state index in [9.17, 15) is 18.1 Å². The summed E-state index contributed by atoms with van der Waals surface area (Å²) >= 11 is 0. The predicted octanol–water partition coefficient (Wildman–Crippen LogP) is 9.60. The quantitative estimate of drug-likeness (QED) is 0.0543. The molecule has 12 heteroatoms.